The maximum absolute atomic E-state index is 11.2. The van der Waals surface area contributed by atoms with Crippen LogP contribution in [0.5, 0.6) is 0 Å². The molecule has 1 unspecified atom stereocenters. The monoisotopic (exact) mass is 382 g/mol. The number of sulfonamides is 1. The van der Waals surface area contributed by atoms with Gasteiger partial charge in [-0.2, -0.15) is 0 Å². The van der Waals surface area contributed by atoms with Crippen LogP contribution in [-0.2, 0) is 10.0 Å². The van der Waals surface area contributed by atoms with E-state index >= 15 is 0 Å². The van der Waals surface area contributed by atoms with E-state index in [4.69, 9.17) is 0 Å². The summed E-state index contributed by atoms with van der Waals surface area (Å²) in [6.45, 7) is 7.23. The molecule has 1 atom stereocenters. The molecule has 0 aliphatic rings. The molecule has 1 aromatic rings. The summed E-state index contributed by atoms with van der Waals surface area (Å²) in [6.07, 6.45) is 10.5. The van der Waals surface area contributed by atoms with Gasteiger partial charge in [0.25, 0.3) is 0 Å². The molecule has 26 heavy (non-hydrogen) atoms. The number of unbranched alkanes of at least 4 members (excludes halogenated alkanes) is 2. The molecule has 1 rings (SSSR count). The molecule has 0 bridgehead atoms. The van der Waals surface area contributed by atoms with Crippen LogP contribution in [0.15, 0.2) is 30.3 Å². The number of nitrogens with one attached hydrogen (secondary N) is 1. The van der Waals surface area contributed by atoms with Crippen molar-refractivity contribution in [3.05, 3.63) is 35.9 Å². The molecule has 5 nitrogen and oxygen atoms in total. The summed E-state index contributed by atoms with van der Waals surface area (Å²) in [5.74, 6) is 0. The van der Waals surface area contributed by atoms with Gasteiger partial charge >= 0.3 is 0 Å². The molecular weight excluding hydrogens is 348 g/mol. The third kappa shape index (κ3) is 11.3. The normalized spacial score (nSPS) is 13.4. The lowest BCUT2D eigenvalue weighted by atomic mass is 10.1. The molecular formula is C20H34N2O3S. The summed E-state index contributed by atoms with van der Waals surface area (Å²) in [7, 11) is -3.23. The van der Waals surface area contributed by atoms with Crippen LogP contribution >= 0.6 is 0 Å². The fourth-order valence-corrected chi connectivity index (χ4v) is 3.30. The Labute approximate surface area is 159 Å². The first-order chi connectivity index (χ1) is 12.3. The number of nitrogens with zero attached hydrogens (tertiary/aromatic N) is 1. The highest BCUT2D eigenvalue weighted by molar-refractivity contribution is 7.92. The zero-order valence-electron chi connectivity index (χ0n) is 16.3. The van der Waals surface area contributed by atoms with Gasteiger partial charge < -0.3 is 10.0 Å². The van der Waals surface area contributed by atoms with E-state index < -0.39 is 10.0 Å². The van der Waals surface area contributed by atoms with Crippen LogP contribution in [0.1, 0.15) is 51.5 Å². The largest absolute Gasteiger partial charge is 0.393 e. The van der Waals surface area contributed by atoms with Gasteiger partial charge in [0.05, 0.1) is 12.4 Å². The topological polar surface area (TPSA) is 69.6 Å². The summed E-state index contributed by atoms with van der Waals surface area (Å²) in [5, 5.41) is 9.26. The van der Waals surface area contributed by atoms with Gasteiger partial charge in [0.15, 0.2) is 0 Å². The number of aliphatic hydroxyl groups excluding tert-OH is 1. The third-order valence-electron chi connectivity index (χ3n) is 4.18. The first-order valence-electron chi connectivity index (χ1n) is 9.45. The quantitative estimate of drug-likeness (QED) is 0.510. The number of rotatable bonds is 13. The summed E-state index contributed by atoms with van der Waals surface area (Å²) < 4.78 is 24.8. The van der Waals surface area contributed by atoms with Gasteiger partial charge in [-0.1, -0.05) is 44.1 Å². The Hall–Kier alpha value is -1.37. The maximum Gasteiger partial charge on any atom is 0.229 e. The molecule has 0 heterocycles. The Morgan fingerprint density at radius 2 is 1.85 bits per heavy atom. The summed E-state index contributed by atoms with van der Waals surface area (Å²) >= 11 is 0. The lowest BCUT2D eigenvalue weighted by molar-refractivity contribution is 0.179. The van der Waals surface area contributed by atoms with E-state index in [1.165, 1.54) is 12.8 Å². The minimum Gasteiger partial charge on any atom is -0.393 e. The number of anilines is 1. The number of hydrogen-bond donors (Lipinski definition) is 2. The highest BCUT2D eigenvalue weighted by atomic mass is 32.2. The third-order valence-corrected chi connectivity index (χ3v) is 4.79. The highest BCUT2D eigenvalue weighted by Crippen LogP contribution is 2.12. The fraction of sp³-hybridized carbons (Fsp3) is 0.600. The number of aliphatic hydroxyl groups is 1. The average Bonchev–Trinajstić information content (AvgIpc) is 2.56. The van der Waals surface area contributed by atoms with Gasteiger partial charge in [0.2, 0.25) is 10.0 Å². The van der Waals surface area contributed by atoms with E-state index in [0.717, 1.165) is 50.7 Å². The second-order valence-electron chi connectivity index (χ2n) is 6.82. The minimum atomic E-state index is -3.23. The molecule has 0 saturated carbocycles. The molecule has 0 spiro atoms. The van der Waals surface area contributed by atoms with E-state index in [-0.39, 0.29) is 6.10 Å². The first kappa shape index (κ1) is 22.7. The predicted octanol–water partition coefficient (Wildman–Crippen LogP) is 3.72. The van der Waals surface area contributed by atoms with Crippen molar-refractivity contribution in [3.63, 3.8) is 0 Å². The second-order valence-corrected chi connectivity index (χ2v) is 8.57. The molecule has 2 N–H and O–H groups in total. The van der Waals surface area contributed by atoms with Crippen molar-refractivity contribution in [2.75, 3.05) is 30.6 Å². The molecule has 1 aromatic carbocycles. The van der Waals surface area contributed by atoms with Gasteiger partial charge in [0, 0.05) is 12.2 Å². The Kier molecular flexibility index (Phi) is 10.5. The first-order valence-corrected chi connectivity index (χ1v) is 11.3. The molecule has 0 aromatic heterocycles. The zero-order chi connectivity index (χ0) is 19.4. The van der Waals surface area contributed by atoms with Gasteiger partial charge in [-0.15, -0.1) is 0 Å². The number of hydrogen-bond acceptors (Lipinski definition) is 4. The Bertz CT molecular complexity index is 625. The molecule has 0 aliphatic carbocycles. The molecule has 6 heteroatoms. The SMILES string of the molecule is CCN(CCC=Cc1ccc(NS(C)(=O)=O)cc1)CCCCCC(C)O. The van der Waals surface area contributed by atoms with Gasteiger partial charge in [-0.05, 0) is 57.0 Å². The van der Waals surface area contributed by atoms with Crippen LogP contribution in [0.4, 0.5) is 5.69 Å². The van der Waals surface area contributed by atoms with Crippen LogP contribution in [0.3, 0.4) is 0 Å². The molecule has 0 fully saturated rings. The zero-order valence-corrected chi connectivity index (χ0v) is 17.1. The van der Waals surface area contributed by atoms with Crippen molar-refractivity contribution < 1.29 is 13.5 Å². The standard InChI is InChI=1S/C20H34N2O3S/c1-4-22(16-8-5-6-10-18(2)23)17-9-7-11-19-12-14-20(15-13-19)21-26(3,24)25/h7,11-15,18,21,23H,4-6,8-10,16-17H2,1-3H3. The van der Waals surface area contributed by atoms with Gasteiger partial charge in [-0.3, -0.25) is 4.72 Å². The minimum absolute atomic E-state index is 0.182. The Morgan fingerprint density at radius 1 is 1.15 bits per heavy atom. The molecule has 148 valence electrons. The average molecular weight is 383 g/mol. The summed E-state index contributed by atoms with van der Waals surface area (Å²) in [4.78, 5) is 2.45. The Morgan fingerprint density at radius 3 is 2.42 bits per heavy atom. The van der Waals surface area contributed by atoms with Crippen LogP contribution < -0.4 is 4.72 Å². The lowest BCUT2D eigenvalue weighted by Gasteiger charge is -2.19. The van der Waals surface area contributed by atoms with E-state index in [1.54, 1.807) is 12.1 Å². The number of benzene rings is 1. The van der Waals surface area contributed by atoms with E-state index in [9.17, 15) is 13.5 Å². The van der Waals surface area contributed by atoms with Crippen molar-refractivity contribution >= 4 is 21.8 Å². The molecule has 0 radical (unpaired) electrons. The van der Waals surface area contributed by atoms with E-state index in [2.05, 4.69) is 28.7 Å². The van der Waals surface area contributed by atoms with Crippen LogP contribution in [0, 0.1) is 0 Å². The van der Waals surface area contributed by atoms with Crippen molar-refractivity contribution in [3.8, 4) is 0 Å². The fourth-order valence-electron chi connectivity index (χ4n) is 2.73. The molecule has 0 amide bonds. The van der Waals surface area contributed by atoms with Crippen molar-refractivity contribution in [1.29, 1.82) is 0 Å². The predicted molar refractivity (Wildman–Crippen MR) is 111 cm³/mol. The lowest BCUT2D eigenvalue weighted by Crippen LogP contribution is -2.25. The van der Waals surface area contributed by atoms with Crippen molar-refractivity contribution in [2.24, 2.45) is 0 Å². The van der Waals surface area contributed by atoms with Crippen LogP contribution in [0.25, 0.3) is 6.08 Å². The summed E-state index contributed by atoms with van der Waals surface area (Å²) in [6, 6.07) is 7.35. The van der Waals surface area contributed by atoms with Crippen molar-refractivity contribution in [2.45, 2.75) is 52.1 Å². The van der Waals surface area contributed by atoms with Crippen molar-refractivity contribution in [1.82, 2.24) is 4.90 Å². The van der Waals surface area contributed by atoms with Gasteiger partial charge in [0.1, 0.15) is 0 Å². The Balaban J connectivity index is 2.29. The van der Waals surface area contributed by atoms with Gasteiger partial charge in [-0.25, -0.2) is 8.42 Å². The highest BCUT2D eigenvalue weighted by Gasteiger charge is 2.02. The summed E-state index contributed by atoms with van der Waals surface area (Å²) in [5.41, 5.74) is 1.64. The second kappa shape index (κ2) is 12.1. The molecule has 0 saturated heterocycles. The molecule has 0 aliphatic heterocycles. The van der Waals surface area contributed by atoms with E-state index in [0.29, 0.717) is 5.69 Å². The smallest absolute Gasteiger partial charge is 0.229 e. The van der Waals surface area contributed by atoms with Crippen LogP contribution in [-0.4, -0.2) is 50.4 Å². The van der Waals surface area contributed by atoms with Crippen LogP contribution in [0.2, 0.25) is 0 Å². The maximum atomic E-state index is 11.2. The van der Waals surface area contributed by atoms with E-state index in [1.807, 2.05) is 19.1 Å².